The molecule has 36 heavy (non-hydrogen) atoms. The van der Waals surface area contributed by atoms with Gasteiger partial charge < -0.3 is 10.2 Å². The number of carbonyl (C=O) groups excluding carboxylic acids is 2. The van der Waals surface area contributed by atoms with E-state index in [1.165, 1.54) is 28.4 Å². The minimum Gasteiger partial charge on any atom is -0.354 e. The predicted molar refractivity (Wildman–Crippen MR) is 145 cm³/mol. The number of hydrogen-bond acceptors (Lipinski definition) is 4. The van der Waals surface area contributed by atoms with Gasteiger partial charge in [-0.15, -0.1) is 0 Å². The van der Waals surface area contributed by atoms with Gasteiger partial charge in [0.2, 0.25) is 21.8 Å². The van der Waals surface area contributed by atoms with Crippen molar-refractivity contribution in [1.82, 2.24) is 14.5 Å². The van der Waals surface area contributed by atoms with Gasteiger partial charge in [0, 0.05) is 43.1 Å². The first-order chi connectivity index (χ1) is 17.1. The van der Waals surface area contributed by atoms with Gasteiger partial charge in [0.05, 0.1) is 4.90 Å². The first kappa shape index (κ1) is 30.1. The van der Waals surface area contributed by atoms with Gasteiger partial charge in [-0.3, -0.25) is 9.59 Å². The van der Waals surface area contributed by atoms with Gasteiger partial charge >= 0.3 is 0 Å². The van der Waals surface area contributed by atoms with Crippen LogP contribution < -0.4 is 5.32 Å². The molecule has 0 aliphatic rings. The van der Waals surface area contributed by atoms with Gasteiger partial charge in [-0.2, -0.15) is 0 Å². The van der Waals surface area contributed by atoms with Crippen LogP contribution in [-0.4, -0.2) is 55.6 Å². The van der Waals surface area contributed by atoms with Crippen molar-refractivity contribution in [3.8, 4) is 0 Å². The minimum atomic E-state index is -3.65. The second kappa shape index (κ2) is 14.6. The molecule has 1 atom stereocenters. The van der Waals surface area contributed by atoms with Crippen LogP contribution in [0.5, 0.6) is 0 Å². The van der Waals surface area contributed by atoms with E-state index in [2.05, 4.69) is 5.32 Å². The second-order valence-electron chi connectivity index (χ2n) is 8.57. The molecule has 2 rings (SSSR count). The first-order valence-electron chi connectivity index (χ1n) is 12.1. The van der Waals surface area contributed by atoms with Crippen LogP contribution >= 0.6 is 23.2 Å². The molecule has 0 aliphatic carbocycles. The molecule has 10 heteroatoms. The largest absolute Gasteiger partial charge is 0.354 e. The summed E-state index contributed by atoms with van der Waals surface area (Å²) in [7, 11) is -2.15. The SMILES string of the molecule is CCCCNC(=O)[C@H](CC)N(Cc1ccc(Cl)cc1Cl)C(=O)CCCN(C)S(=O)(=O)c1ccccc1. The summed E-state index contributed by atoms with van der Waals surface area (Å²) in [5.74, 6) is -0.461. The number of rotatable bonds is 14. The molecule has 7 nitrogen and oxygen atoms in total. The molecule has 0 heterocycles. The summed E-state index contributed by atoms with van der Waals surface area (Å²) >= 11 is 12.4. The Bertz CT molecular complexity index is 1110. The number of sulfonamides is 1. The van der Waals surface area contributed by atoms with Gasteiger partial charge in [0.15, 0.2) is 0 Å². The molecule has 0 spiro atoms. The van der Waals surface area contributed by atoms with Crippen molar-refractivity contribution >= 4 is 45.0 Å². The number of carbonyl (C=O) groups is 2. The molecule has 0 saturated carbocycles. The van der Waals surface area contributed by atoms with E-state index in [1.54, 1.807) is 36.4 Å². The first-order valence-corrected chi connectivity index (χ1v) is 14.3. The number of nitrogens with zero attached hydrogens (tertiary/aromatic N) is 2. The average molecular weight is 557 g/mol. The van der Waals surface area contributed by atoms with Crippen molar-refractivity contribution in [3.63, 3.8) is 0 Å². The summed E-state index contributed by atoms with van der Waals surface area (Å²) in [5, 5.41) is 3.81. The fraction of sp³-hybridized carbons (Fsp3) is 0.462. The molecular weight excluding hydrogens is 521 g/mol. The number of nitrogens with one attached hydrogen (secondary N) is 1. The van der Waals surface area contributed by atoms with Crippen LogP contribution in [0.15, 0.2) is 53.4 Å². The third kappa shape index (κ3) is 8.47. The summed E-state index contributed by atoms with van der Waals surface area (Å²) < 4.78 is 26.8. The highest BCUT2D eigenvalue weighted by Crippen LogP contribution is 2.24. The molecule has 1 N–H and O–H groups in total. The molecule has 2 aromatic rings. The van der Waals surface area contributed by atoms with Crippen LogP contribution in [0, 0.1) is 0 Å². The molecular formula is C26H35Cl2N3O4S. The number of benzene rings is 2. The Hall–Kier alpha value is -2.13. The van der Waals surface area contributed by atoms with Crippen LogP contribution in [0.25, 0.3) is 0 Å². The van der Waals surface area contributed by atoms with E-state index in [0.29, 0.717) is 35.0 Å². The Kier molecular flexibility index (Phi) is 12.2. The number of halogens is 2. The maximum absolute atomic E-state index is 13.4. The second-order valence-corrected chi connectivity index (χ2v) is 11.5. The molecule has 0 fully saturated rings. The van der Waals surface area contributed by atoms with Gasteiger partial charge in [0.25, 0.3) is 0 Å². The monoisotopic (exact) mass is 555 g/mol. The van der Waals surface area contributed by atoms with Gasteiger partial charge in [0.1, 0.15) is 6.04 Å². The topological polar surface area (TPSA) is 86.8 Å². The lowest BCUT2D eigenvalue weighted by Crippen LogP contribution is -2.49. The zero-order chi connectivity index (χ0) is 26.7. The Balaban J connectivity index is 2.15. The predicted octanol–water partition coefficient (Wildman–Crippen LogP) is 5.12. The Morgan fingerprint density at radius 1 is 1.03 bits per heavy atom. The molecule has 0 aromatic heterocycles. The third-order valence-electron chi connectivity index (χ3n) is 5.89. The molecule has 198 valence electrons. The fourth-order valence-electron chi connectivity index (χ4n) is 3.75. The molecule has 0 unspecified atom stereocenters. The highest BCUT2D eigenvalue weighted by atomic mass is 35.5. The Morgan fingerprint density at radius 2 is 1.72 bits per heavy atom. The minimum absolute atomic E-state index is 0.0819. The zero-order valence-corrected chi connectivity index (χ0v) is 23.4. The molecule has 2 amide bonds. The fourth-order valence-corrected chi connectivity index (χ4v) is 5.45. The van der Waals surface area contributed by atoms with E-state index < -0.39 is 16.1 Å². The van der Waals surface area contributed by atoms with Crippen LogP contribution in [0.2, 0.25) is 10.0 Å². The number of unbranched alkanes of at least 4 members (excludes halogenated alkanes) is 1. The van der Waals surface area contributed by atoms with E-state index in [0.717, 1.165) is 12.8 Å². The maximum Gasteiger partial charge on any atom is 0.242 e. The lowest BCUT2D eigenvalue weighted by atomic mass is 10.1. The lowest BCUT2D eigenvalue weighted by molar-refractivity contribution is -0.141. The van der Waals surface area contributed by atoms with Crippen molar-refractivity contribution < 1.29 is 18.0 Å². The van der Waals surface area contributed by atoms with Crippen molar-refractivity contribution in [3.05, 3.63) is 64.1 Å². The zero-order valence-electron chi connectivity index (χ0n) is 21.0. The summed E-state index contributed by atoms with van der Waals surface area (Å²) in [5.41, 5.74) is 0.679. The molecule has 0 bridgehead atoms. The standard InChI is InChI=1S/C26H35Cl2N3O4S/c1-4-6-16-29-26(33)24(5-2)31(19-20-14-15-21(27)18-23(20)28)25(32)13-10-17-30(3)36(34,35)22-11-8-7-9-12-22/h7-9,11-12,14-15,18,24H,4-6,10,13,16-17,19H2,1-3H3,(H,29,33)/t24-/m0/s1. The van der Waals surface area contributed by atoms with Crippen LogP contribution in [0.1, 0.15) is 51.5 Å². The Labute approximate surface area is 224 Å². The third-order valence-corrected chi connectivity index (χ3v) is 8.34. The Morgan fingerprint density at radius 3 is 2.33 bits per heavy atom. The maximum atomic E-state index is 13.4. The van der Waals surface area contributed by atoms with Crippen molar-refractivity contribution in [2.45, 2.75) is 63.4 Å². The lowest BCUT2D eigenvalue weighted by Gasteiger charge is -2.31. The highest BCUT2D eigenvalue weighted by Gasteiger charge is 2.29. The van der Waals surface area contributed by atoms with E-state index in [9.17, 15) is 18.0 Å². The van der Waals surface area contributed by atoms with Gasteiger partial charge in [-0.25, -0.2) is 12.7 Å². The van der Waals surface area contributed by atoms with Gasteiger partial charge in [-0.1, -0.05) is 67.7 Å². The van der Waals surface area contributed by atoms with Crippen molar-refractivity contribution in [2.24, 2.45) is 0 Å². The van der Waals surface area contributed by atoms with Crippen LogP contribution in [0.3, 0.4) is 0 Å². The average Bonchev–Trinajstić information content (AvgIpc) is 2.85. The van der Waals surface area contributed by atoms with Crippen LogP contribution in [-0.2, 0) is 26.2 Å². The van der Waals surface area contributed by atoms with Crippen molar-refractivity contribution in [2.75, 3.05) is 20.1 Å². The van der Waals surface area contributed by atoms with E-state index in [-0.39, 0.29) is 36.2 Å². The molecule has 0 radical (unpaired) electrons. The van der Waals surface area contributed by atoms with E-state index in [1.807, 2.05) is 13.8 Å². The molecule has 0 saturated heterocycles. The van der Waals surface area contributed by atoms with Gasteiger partial charge in [-0.05, 0) is 49.1 Å². The highest BCUT2D eigenvalue weighted by molar-refractivity contribution is 7.89. The summed E-state index contributed by atoms with van der Waals surface area (Å²) in [6.45, 7) is 4.74. The summed E-state index contributed by atoms with van der Waals surface area (Å²) in [4.78, 5) is 28.0. The number of amides is 2. The van der Waals surface area contributed by atoms with E-state index >= 15 is 0 Å². The normalized spacial score (nSPS) is 12.4. The molecule has 2 aromatic carbocycles. The summed E-state index contributed by atoms with van der Waals surface area (Å²) in [6, 6.07) is 12.5. The smallest absolute Gasteiger partial charge is 0.242 e. The number of hydrogen-bond donors (Lipinski definition) is 1. The molecule has 0 aliphatic heterocycles. The van der Waals surface area contributed by atoms with Crippen LogP contribution in [0.4, 0.5) is 0 Å². The summed E-state index contributed by atoms with van der Waals surface area (Å²) in [6.07, 6.45) is 2.61. The van der Waals surface area contributed by atoms with Crippen molar-refractivity contribution in [1.29, 1.82) is 0 Å². The van der Waals surface area contributed by atoms with E-state index in [4.69, 9.17) is 23.2 Å². The quantitative estimate of drug-likeness (QED) is 0.328.